The van der Waals surface area contributed by atoms with E-state index in [2.05, 4.69) is 4.98 Å². The van der Waals surface area contributed by atoms with Crippen molar-refractivity contribution in [1.82, 2.24) is 14.8 Å². The minimum Gasteiger partial charge on any atom is -0.497 e. The molecule has 0 spiro atoms. The summed E-state index contributed by atoms with van der Waals surface area (Å²) in [4.78, 5) is 32.2. The van der Waals surface area contributed by atoms with Crippen molar-refractivity contribution >= 4 is 22.7 Å². The highest BCUT2D eigenvalue weighted by molar-refractivity contribution is 5.98. The lowest BCUT2D eigenvalue weighted by molar-refractivity contribution is 0.0532. The van der Waals surface area contributed by atoms with Crippen molar-refractivity contribution in [2.24, 2.45) is 0 Å². The number of ether oxygens (including phenoxy) is 1. The molecular formula is C21H21N3O3. The first-order valence-corrected chi connectivity index (χ1v) is 8.96. The van der Waals surface area contributed by atoms with Gasteiger partial charge in [0.05, 0.1) is 7.11 Å². The summed E-state index contributed by atoms with van der Waals surface area (Å²) in [6.45, 7) is 2.07. The van der Waals surface area contributed by atoms with Crippen molar-refractivity contribution in [3.8, 4) is 5.75 Å². The highest BCUT2D eigenvalue weighted by atomic mass is 16.5. The second kappa shape index (κ2) is 7.15. The van der Waals surface area contributed by atoms with Crippen LogP contribution in [0.1, 0.15) is 20.8 Å². The Morgan fingerprint density at radius 1 is 0.889 bits per heavy atom. The molecule has 1 aliphatic rings. The second-order valence-corrected chi connectivity index (χ2v) is 6.59. The zero-order valence-electron chi connectivity index (χ0n) is 15.1. The molecule has 0 unspecified atom stereocenters. The van der Waals surface area contributed by atoms with Crippen LogP contribution in [-0.2, 0) is 0 Å². The van der Waals surface area contributed by atoms with Crippen LogP contribution < -0.4 is 4.74 Å². The molecule has 2 heterocycles. The van der Waals surface area contributed by atoms with Crippen LogP contribution in [-0.4, -0.2) is 59.9 Å². The number of fused-ring (bicyclic) bond motifs is 1. The normalized spacial score (nSPS) is 14.4. The van der Waals surface area contributed by atoms with Gasteiger partial charge < -0.3 is 19.5 Å². The van der Waals surface area contributed by atoms with E-state index in [0.29, 0.717) is 43.2 Å². The maximum atomic E-state index is 12.8. The van der Waals surface area contributed by atoms with E-state index in [1.807, 2.05) is 42.5 Å². The lowest BCUT2D eigenvalue weighted by Crippen LogP contribution is -2.50. The Balaban J connectivity index is 1.42. The monoisotopic (exact) mass is 363 g/mol. The van der Waals surface area contributed by atoms with Crippen molar-refractivity contribution in [2.45, 2.75) is 0 Å². The van der Waals surface area contributed by atoms with Crippen molar-refractivity contribution < 1.29 is 14.3 Å². The lowest BCUT2D eigenvalue weighted by atomic mass is 10.1. The molecule has 6 heteroatoms. The van der Waals surface area contributed by atoms with Gasteiger partial charge in [-0.1, -0.05) is 24.3 Å². The van der Waals surface area contributed by atoms with Crippen LogP contribution in [0.2, 0.25) is 0 Å². The summed E-state index contributed by atoms with van der Waals surface area (Å²) < 4.78 is 5.19. The van der Waals surface area contributed by atoms with E-state index in [-0.39, 0.29) is 11.8 Å². The third-order valence-electron chi connectivity index (χ3n) is 4.93. The summed E-state index contributed by atoms with van der Waals surface area (Å²) in [6, 6.07) is 16.9. The quantitative estimate of drug-likeness (QED) is 0.778. The largest absolute Gasteiger partial charge is 0.497 e. The van der Waals surface area contributed by atoms with Gasteiger partial charge in [-0.05, 0) is 30.3 Å². The highest BCUT2D eigenvalue weighted by Crippen LogP contribution is 2.18. The highest BCUT2D eigenvalue weighted by Gasteiger charge is 2.26. The summed E-state index contributed by atoms with van der Waals surface area (Å²) in [5, 5.41) is 1.02. The Bertz CT molecular complexity index is 954. The molecule has 1 saturated heterocycles. The van der Waals surface area contributed by atoms with Crippen LogP contribution in [0.15, 0.2) is 54.6 Å². The number of benzene rings is 2. The van der Waals surface area contributed by atoms with Crippen molar-refractivity contribution in [2.75, 3.05) is 33.3 Å². The van der Waals surface area contributed by atoms with Crippen molar-refractivity contribution in [3.05, 3.63) is 65.9 Å². The van der Waals surface area contributed by atoms with Crippen LogP contribution in [0.4, 0.5) is 0 Å². The van der Waals surface area contributed by atoms with E-state index in [1.165, 1.54) is 0 Å². The topological polar surface area (TPSA) is 65.6 Å². The molecule has 0 atom stereocenters. The Labute approximate surface area is 157 Å². The Morgan fingerprint density at radius 3 is 2.30 bits per heavy atom. The fourth-order valence-electron chi connectivity index (χ4n) is 3.41. The number of rotatable bonds is 3. The Morgan fingerprint density at radius 2 is 1.59 bits per heavy atom. The van der Waals surface area contributed by atoms with Crippen molar-refractivity contribution in [1.29, 1.82) is 0 Å². The average molecular weight is 363 g/mol. The Hall–Kier alpha value is -3.28. The predicted molar refractivity (Wildman–Crippen MR) is 103 cm³/mol. The molecule has 1 N–H and O–H groups in total. The molecule has 4 rings (SSSR count). The van der Waals surface area contributed by atoms with Gasteiger partial charge in [0.15, 0.2) is 0 Å². The number of piperazine rings is 1. The first kappa shape index (κ1) is 17.1. The number of para-hydroxylation sites is 1. The average Bonchev–Trinajstić information content (AvgIpc) is 3.17. The van der Waals surface area contributed by atoms with E-state index >= 15 is 0 Å². The second-order valence-electron chi connectivity index (χ2n) is 6.59. The van der Waals surface area contributed by atoms with Gasteiger partial charge >= 0.3 is 0 Å². The summed E-state index contributed by atoms with van der Waals surface area (Å²) in [5.41, 5.74) is 2.14. The molecule has 3 aromatic rings. The molecular weight excluding hydrogens is 342 g/mol. The van der Waals surface area contributed by atoms with Gasteiger partial charge in [0.2, 0.25) is 0 Å². The Kier molecular flexibility index (Phi) is 4.54. The van der Waals surface area contributed by atoms with Crippen LogP contribution in [0.25, 0.3) is 10.9 Å². The number of amides is 2. The molecule has 1 fully saturated rings. The molecule has 27 heavy (non-hydrogen) atoms. The molecule has 0 bridgehead atoms. The van der Waals surface area contributed by atoms with Gasteiger partial charge in [0, 0.05) is 42.6 Å². The number of hydrogen-bond donors (Lipinski definition) is 1. The molecule has 0 saturated carbocycles. The van der Waals surface area contributed by atoms with Crippen LogP contribution in [0.5, 0.6) is 5.75 Å². The van der Waals surface area contributed by atoms with Gasteiger partial charge in [-0.3, -0.25) is 9.59 Å². The number of nitrogens with zero attached hydrogens (tertiary/aromatic N) is 2. The summed E-state index contributed by atoms with van der Waals surface area (Å²) in [5.74, 6) is 0.597. The molecule has 1 aromatic heterocycles. The summed E-state index contributed by atoms with van der Waals surface area (Å²) in [6.07, 6.45) is 0. The SMILES string of the molecule is COc1cccc(C(=O)N2CCN(C(=O)c3cc4ccccc4[nH]3)CC2)c1. The molecule has 2 amide bonds. The van der Waals surface area contributed by atoms with E-state index in [4.69, 9.17) is 4.74 Å². The molecule has 0 aliphatic carbocycles. The number of carbonyl (C=O) groups excluding carboxylic acids is 2. The molecule has 138 valence electrons. The molecule has 1 aliphatic heterocycles. The van der Waals surface area contributed by atoms with E-state index in [9.17, 15) is 9.59 Å². The van der Waals surface area contributed by atoms with Crippen LogP contribution in [0, 0.1) is 0 Å². The molecule has 2 aromatic carbocycles. The smallest absolute Gasteiger partial charge is 0.270 e. The fraction of sp³-hybridized carbons (Fsp3) is 0.238. The zero-order valence-corrected chi connectivity index (χ0v) is 15.1. The number of aromatic amines is 1. The number of hydrogen-bond acceptors (Lipinski definition) is 3. The van der Waals surface area contributed by atoms with Gasteiger partial charge in [0.25, 0.3) is 11.8 Å². The van der Waals surface area contributed by atoms with Gasteiger partial charge in [-0.25, -0.2) is 0 Å². The van der Waals surface area contributed by atoms with Crippen molar-refractivity contribution in [3.63, 3.8) is 0 Å². The standard InChI is InChI=1S/C21H21N3O3/c1-27-17-7-4-6-16(13-17)20(25)23-9-11-24(12-10-23)21(26)19-14-15-5-2-3-8-18(15)22-19/h2-8,13-14,22H,9-12H2,1H3. The van der Waals surface area contributed by atoms with E-state index in [1.54, 1.807) is 29.0 Å². The number of carbonyl (C=O) groups is 2. The third kappa shape index (κ3) is 3.38. The van der Waals surface area contributed by atoms with E-state index in [0.717, 1.165) is 10.9 Å². The van der Waals surface area contributed by atoms with Crippen LogP contribution in [0.3, 0.4) is 0 Å². The predicted octanol–water partition coefficient (Wildman–Crippen LogP) is 2.77. The minimum absolute atomic E-state index is 0.0281. The zero-order chi connectivity index (χ0) is 18.8. The number of aromatic nitrogens is 1. The number of nitrogens with one attached hydrogen (secondary N) is 1. The van der Waals surface area contributed by atoms with Gasteiger partial charge in [-0.2, -0.15) is 0 Å². The molecule has 6 nitrogen and oxygen atoms in total. The maximum Gasteiger partial charge on any atom is 0.270 e. The molecule has 0 radical (unpaired) electrons. The van der Waals surface area contributed by atoms with Crippen LogP contribution >= 0.6 is 0 Å². The van der Waals surface area contributed by atoms with Gasteiger partial charge in [0.1, 0.15) is 11.4 Å². The lowest BCUT2D eigenvalue weighted by Gasteiger charge is -2.34. The first-order chi connectivity index (χ1) is 13.2. The fourth-order valence-corrected chi connectivity index (χ4v) is 3.41. The third-order valence-corrected chi connectivity index (χ3v) is 4.93. The number of H-pyrrole nitrogens is 1. The summed E-state index contributed by atoms with van der Waals surface area (Å²) >= 11 is 0. The maximum absolute atomic E-state index is 12.8. The minimum atomic E-state index is -0.0355. The summed E-state index contributed by atoms with van der Waals surface area (Å²) in [7, 11) is 1.58. The first-order valence-electron chi connectivity index (χ1n) is 8.96. The van der Waals surface area contributed by atoms with Gasteiger partial charge in [-0.15, -0.1) is 0 Å². The van der Waals surface area contributed by atoms with E-state index < -0.39 is 0 Å². The number of methoxy groups -OCH3 is 1.